The van der Waals surface area contributed by atoms with Gasteiger partial charge in [0.15, 0.2) is 11.7 Å². The number of carbonyl (C=O) groups is 1. The quantitative estimate of drug-likeness (QED) is 0.230. The average molecular weight is 546 g/mol. The van der Waals surface area contributed by atoms with Crippen molar-refractivity contribution in [3.63, 3.8) is 0 Å². The molecule has 200 valence electrons. The van der Waals surface area contributed by atoms with Gasteiger partial charge < -0.3 is 14.8 Å². The van der Waals surface area contributed by atoms with Gasteiger partial charge in [0.05, 0.1) is 12.1 Å². The number of carbonyl (C=O) groups excluding carboxylic acids is 1. The van der Waals surface area contributed by atoms with Crippen molar-refractivity contribution in [1.82, 2.24) is 15.6 Å². The molecule has 1 heterocycles. The molecular formula is C28H27ClF3N3O3. The van der Waals surface area contributed by atoms with E-state index in [0.717, 1.165) is 0 Å². The molecule has 4 atom stereocenters. The van der Waals surface area contributed by atoms with E-state index in [9.17, 15) is 23.1 Å². The smallest absolute Gasteiger partial charge is 0.407 e. The Balaban J connectivity index is 1.61. The Morgan fingerprint density at radius 2 is 1.68 bits per heavy atom. The summed E-state index contributed by atoms with van der Waals surface area (Å²) in [5.41, 5.74) is 1.48. The minimum atomic E-state index is -4.68. The molecular weight excluding hydrogens is 519 g/mol. The fourth-order valence-electron chi connectivity index (χ4n) is 4.21. The van der Waals surface area contributed by atoms with Crippen LogP contribution in [0.25, 0.3) is 11.1 Å². The highest BCUT2D eigenvalue weighted by molar-refractivity contribution is 6.31. The third-order valence-corrected chi connectivity index (χ3v) is 6.61. The topological polar surface area (TPSA) is 87.4 Å². The van der Waals surface area contributed by atoms with E-state index in [1.165, 1.54) is 24.3 Å². The maximum Gasteiger partial charge on any atom is 0.407 e. The summed E-state index contributed by atoms with van der Waals surface area (Å²) in [6.07, 6.45) is -5.83. The first-order valence-corrected chi connectivity index (χ1v) is 12.5. The van der Waals surface area contributed by atoms with Gasteiger partial charge in [0.1, 0.15) is 11.6 Å². The van der Waals surface area contributed by atoms with Crippen molar-refractivity contribution in [2.24, 2.45) is 0 Å². The van der Waals surface area contributed by atoms with E-state index in [1.54, 1.807) is 61.5 Å². The van der Waals surface area contributed by atoms with Crippen LogP contribution in [0.5, 0.6) is 0 Å². The summed E-state index contributed by atoms with van der Waals surface area (Å²) in [5.74, 6) is -0.719. The number of hydrogen-bond donors (Lipinski definition) is 3. The Labute approximate surface area is 222 Å². The van der Waals surface area contributed by atoms with E-state index in [2.05, 4.69) is 15.6 Å². The second kappa shape index (κ2) is 12.0. The maximum atomic E-state index is 14.1. The molecule has 1 aromatic heterocycles. The summed E-state index contributed by atoms with van der Waals surface area (Å²) in [5, 5.41) is 16.5. The first kappa shape index (κ1) is 27.6. The Hall–Kier alpha value is -3.40. The lowest BCUT2D eigenvalue weighted by Gasteiger charge is -2.29. The van der Waals surface area contributed by atoms with Gasteiger partial charge in [0.25, 0.3) is 0 Å². The van der Waals surface area contributed by atoms with Gasteiger partial charge in [0, 0.05) is 5.02 Å². The molecule has 0 aliphatic rings. The average Bonchev–Trinajstić information content (AvgIpc) is 3.34. The maximum absolute atomic E-state index is 14.1. The van der Waals surface area contributed by atoms with Crippen molar-refractivity contribution < 1.29 is 27.5 Å². The lowest BCUT2D eigenvalue weighted by Crippen LogP contribution is -2.53. The number of benzene rings is 3. The molecule has 6 nitrogen and oxygen atoms in total. The molecule has 0 spiro atoms. The fourth-order valence-corrected chi connectivity index (χ4v) is 4.43. The molecule has 2 unspecified atom stereocenters. The Kier molecular flexibility index (Phi) is 8.71. The van der Waals surface area contributed by atoms with Crippen molar-refractivity contribution in [2.45, 2.75) is 50.2 Å². The van der Waals surface area contributed by atoms with Gasteiger partial charge in [-0.2, -0.15) is 13.2 Å². The van der Waals surface area contributed by atoms with Crippen molar-refractivity contribution in [3.8, 4) is 0 Å². The van der Waals surface area contributed by atoms with E-state index >= 15 is 0 Å². The van der Waals surface area contributed by atoms with Crippen molar-refractivity contribution in [1.29, 1.82) is 0 Å². The normalized spacial score (nSPS) is 15.1. The number of para-hydroxylation sites is 2. The van der Waals surface area contributed by atoms with Crippen LogP contribution in [0.15, 0.2) is 83.3 Å². The number of hydrogen-bond acceptors (Lipinski definition) is 5. The van der Waals surface area contributed by atoms with Crippen LogP contribution in [-0.4, -0.2) is 34.3 Å². The number of aliphatic hydroxyl groups is 1. The van der Waals surface area contributed by atoms with E-state index in [4.69, 9.17) is 16.0 Å². The number of oxazole rings is 1. The largest absolute Gasteiger partial charge is 0.438 e. The molecule has 0 aliphatic heterocycles. The number of fused-ring (bicyclic) bond motifs is 1. The van der Waals surface area contributed by atoms with Crippen LogP contribution in [0.1, 0.15) is 42.5 Å². The minimum absolute atomic E-state index is 0.00594. The lowest BCUT2D eigenvalue weighted by atomic mass is 10.00. The molecule has 4 rings (SSSR count). The van der Waals surface area contributed by atoms with E-state index in [0.29, 0.717) is 21.7 Å². The summed E-state index contributed by atoms with van der Waals surface area (Å²) in [6.45, 7) is 1.73. The minimum Gasteiger partial charge on any atom is -0.438 e. The summed E-state index contributed by atoms with van der Waals surface area (Å²) in [4.78, 5) is 17.8. The second-order valence-corrected chi connectivity index (χ2v) is 9.30. The van der Waals surface area contributed by atoms with Crippen LogP contribution >= 0.6 is 11.6 Å². The standard InChI is InChI=1S/C28H27ClF3N3O3/c1-2-20(24(36)27-35-21-14-8-9-15-23(21)38-27)34-26(37)22(16-18-12-6-7-13-19(18)29)33-25(28(30,31)32)17-10-4-3-5-11-17/h3-15,20,22,24-25,33,36H,2,16H2,1H3,(H,34,37)/t20-,22-,24?,25?/m0/s1. The van der Waals surface area contributed by atoms with E-state index in [1.807, 2.05) is 0 Å². The number of nitrogens with zero attached hydrogens (tertiary/aromatic N) is 1. The zero-order valence-electron chi connectivity index (χ0n) is 20.5. The molecule has 0 bridgehead atoms. The molecule has 10 heteroatoms. The molecule has 3 N–H and O–H groups in total. The third-order valence-electron chi connectivity index (χ3n) is 6.24. The van der Waals surface area contributed by atoms with E-state index in [-0.39, 0.29) is 24.3 Å². The summed E-state index contributed by atoms with van der Waals surface area (Å²) < 4.78 is 48.1. The second-order valence-electron chi connectivity index (χ2n) is 8.89. The van der Waals surface area contributed by atoms with E-state index < -0.39 is 36.3 Å². The first-order valence-electron chi connectivity index (χ1n) is 12.1. The molecule has 0 fully saturated rings. The monoisotopic (exact) mass is 545 g/mol. The molecule has 0 saturated heterocycles. The summed E-state index contributed by atoms with van der Waals surface area (Å²) in [7, 11) is 0. The van der Waals surface area contributed by atoms with Gasteiger partial charge >= 0.3 is 6.18 Å². The number of amides is 1. The van der Waals surface area contributed by atoms with Gasteiger partial charge in [-0.15, -0.1) is 0 Å². The SMILES string of the molecule is CC[C@H](NC(=O)[C@H](Cc1ccccc1Cl)NC(c1ccccc1)C(F)(F)F)C(O)c1nc2ccccc2o1. The van der Waals surface area contributed by atoms with Crippen molar-refractivity contribution in [3.05, 3.63) is 101 Å². The number of halogens is 4. The fraction of sp³-hybridized carbons (Fsp3) is 0.286. The highest BCUT2D eigenvalue weighted by Crippen LogP contribution is 2.33. The Bertz CT molecular complexity index is 1330. The Morgan fingerprint density at radius 1 is 1.03 bits per heavy atom. The van der Waals surface area contributed by atoms with Crippen LogP contribution < -0.4 is 10.6 Å². The predicted molar refractivity (Wildman–Crippen MR) is 139 cm³/mol. The molecule has 1 amide bonds. The van der Waals surface area contributed by atoms with Gasteiger partial charge in [-0.3, -0.25) is 10.1 Å². The van der Waals surface area contributed by atoms with Crippen LogP contribution in [0.2, 0.25) is 5.02 Å². The lowest BCUT2D eigenvalue weighted by molar-refractivity contribution is -0.161. The van der Waals surface area contributed by atoms with Crippen LogP contribution in [-0.2, 0) is 11.2 Å². The van der Waals surface area contributed by atoms with Gasteiger partial charge in [-0.25, -0.2) is 4.98 Å². The predicted octanol–water partition coefficient (Wildman–Crippen LogP) is 5.91. The van der Waals surface area contributed by atoms with Gasteiger partial charge in [0.2, 0.25) is 11.8 Å². The Morgan fingerprint density at radius 3 is 2.34 bits per heavy atom. The molecule has 0 saturated carbocycles. The van der Waals surface area contributed by atoms with Gasteiger partial charge in [-0.05, 0) is 42.2 Å². The first-order chi connectivity index (χ1) is 18.2. The van der Waals surface area contributed by atoms with Crippen molar-refractivity contribution >= 4 is 28.6 Å². The molecule has 0 aliphatic carbocycles. The van der Waals surface area contributed by atoms with Crippen molar-refractivity contribution in [2.75, 3.05) is 0 Å². The number of nitrogens with one attached hydrogen (secondary N) is 2. The highest BCUT2D eigenvalue weighted by Gasteiger charge is 2.43. The highest BCUT2D eigenvalue weighted by atomic mass is 35.5. The number of alkyl halides is 3. The summed E-state index contributed by atoms with van der Waals surface area (Å²) >= 11 is 6.28. The van der Waals surface area contributed by atoms with Crippen LogP contribution in [0, 0.1) is 0 Å². The number of rotatable bonds is 10. The summed E-state index contributed by atoms with van der Waals surface area (Å²) in [6, 6.07) is 16.6. The molecule has 38 heavy (non-hydrogen) atoms. The zero-order chi connectivity index (χ0) is 27.3. The molecule has 3 aromatic carbocycles. The molecule has 4 aromatic rings. The number of aliphatic hydroxyl groups excluding tert-OH is 1. The van der Waals surface area contributed by atoms with Gasteiger partial charge in [-0.1, -0.05) is 79.2 Å². The third kappa shape index (κ3) is 6.53. The number of aromatic nitrogens is 1. The zero-order valence-corrected chi connectivity index (χ0v) is 21.2. The van der Waals surface area contributed by atoms with Crippen LogP contribution in [0.4, 0.5) is 13.2 Å². The molecule has 0 radical (unpaired) electrons. The van der Waals surface area contributed by atoms with Crippen LogP contribution in [0.3, 0.4) is 0 Å².